The Hall–Kier alpha value is -0.750. The van der Waals surface area contributed by atoms with Crippen LogP contribution in [0.4, 0.5) is 4.39 Å². The van der Waals surface area contributed by atoms with Crippen molar-refractivity contribution in [3.63, 3.8) is 0 Å². The van der Waals surface area contributed by atoms with Crippen LogP contribution in [0.25, 0.3) is 0 Å². The number of halogens is 2. The summed E-state index contributed by atoms with van der Waals surface area (Å²) in [6.07, 6.45) is 2.07. The zero-order valence-corrected chi connectivity index (χ0v) is 6.60. The molecule has 0 N–H and O–H groups in total. The molecule has 4 nitrogen and oxygen atoms in total. The SMILES string of the molecule is O=S(=O)(Cl)c1nccnc1F. The van der Waals surface area contributed by atoms with Gasteiger partial charge in [0.15, 0.2) is 0 Å². The van der Waals surface area contributed by atoms with Crippen LogP contribution in [0, 0.1) is 5.95 Å². The molecule has 0 fully saturated rings. The lowest BCUT2D eigenvalue weighted by atomic mass is 10.7. The molecule has 0 amide bonds. The van der Waals surface area contributed by atoms with Crippen molar-refractivity contribution in [2.45, 2.75) is 5.03 Å². The number of nitrogens with zero attached hydrogens (tertiary/aromatic N) is 2. The summed E-state index contributed by atoms with van der Waals surface area (Å²) in [5.74, 6) is -1.19. The molecule has 7 heteroatoms. The van der Waals surface area contributed by atoms with Gasteiger partial charge in [-0.2, -0.15) is 4.39 Å². The van der Waals surface area contributed by atoms with Crippen LogP contribution >= 0.6 is 10.7 Å². The largest absolute Gasteiger partial charge is 0.283 e. The van der Waals surface area contributed by atoms with Crippen LogP contribution in [0.15, 0.2) is 17.4 Å². The Morgan fingerprint density at radius 1 is 1.36 bits per heavy atom. The maximum Gasteiger partial charge on any atom is 0.283 e. The Labute approximate surface area is 66.5 Å². The van der Waals surface area contributed by atoms with Crippen LogP contribution in [0.3, 0.4) is 0 Å². The Morgan fingerprint density at radius 2 is 1.91 bits per heavy atom. The first-order chi connectivity index (χ1) is 5.02. The smallest absolute Gasteiger partial charge is 0.238 e. The van der Waals surface area contributed by atoms with E-state index in [1.165, 1.54) is 0 Å². The minimum absolute atomic E-state index is 0.846. The third-order valence-electron chi connectivity index (χ3n) is 0.854. The van der Waals surface area contributed by atoms with E-state index >= 15 is 0 Å². The average Bonchev–Trinajstić information content (AvgIpc) is 1.86. The molecular weight excluding hydrogens is 195 g/mol. The molecular formula is C4H2ClFN2O2S. The zero-order valence-electron chi connectivity index (χ0n) is 5.03. The lowest BCUT2D eigenvalue weighted by molar-refractivity contribution is 0.527. The van der Waals surface area contributed by atoms with Gasteiger partial charge in [0.2, 0.25) is 5.03 Å². The Balaban J connectivity index is 3.37. The highest BCUT2D eigenvalue weighted by Crippen LogP contribution is 2.12. The van der Waals surface area contributed by atoms with E-state index in [0.717, 1.165) is 12.4 Å². The van der Waals surface area contributed by atoms with Crippen LogP contribution < -0.4 is 0 Å². The van der Waals surface area contributed by atoms with Crippen LogP contribution in [-0.4, -0.2) is 18.4 Å². The number of hydrogen-bond donors (Lipinski definition) is 0. The van der Waals surface area contributed by atoms with E-state index in [1.807, 2.05) is 0 Å². The maximum atomic E-state index is 12.4. The summed E-state index contributed by atoms with van der Waals surface area (Å²) >= 11 is 0. The quantitative estimate of drug-likeness (QED) is 0.616. The van der Waals surface area contributed by atoms with Gasteiger partial charge in [0.1, 0.15) is 0 Å². The molecule has 0 spiro atoms. The van der Waals surface area contributed by atoms with Gasteiger partial charge in [0.05, 0.1) is 0 Å². The molecule has 1 heterocycles. The normalized spacial score (nSPS) is 11.5. The summed E-state index contributed by atoms with van der Waals surface area (Å²) in [7, 11) is 0.684. The van der Waals surface area contributed by atoms with Crippen molar-refractivity contribution >= 4 is 19.7 Å². The van der Waals surface area contributed by atoms with Crippen molar-refractivity contribution < 1.29 is 12.8 Å². The first-order valence-electron chi connectivity index (χ1n) is 2.43. The molecule has 0 aliphatic carbocycles. The minimum Gasteiger partial charge on any atom is -0.238 e. The second-order valence-electron chi connectivity index (χ2n) is 1.59. The molecule has 0 unspecified atom stereocenters. The molecule has 0 saturated heterocycles. The van der Waals surface area contributed by atoms with Crippen LogP contribution in [-0.2, 0) is 9.05 Å². The molecule has 1 aromatic rings. The maximum absolute atomic E-state index is 12.4. The van der Waals surface area contributed by atoms with E-state index < -0.39 is 20.0 Å². The molecule has 0 radical (unpaired) electrons. The van der Waals surface area contributed by atoms with Gasteiger partial charge >= 0.3 is 0 Å². The van der Waals surface area contributed by atoms with Gasteiger partial charge in [-0.25, -0.2) is 18.4 Å². The van der Waals surface area contributed by atoms with Crippen molar-refractivity contribution in [2.75, 3.05) is 0 Å². The molecule has 0 atom stereocenters. The number of hydrogen-bond acceptors (Lipinski definition) is 4. The van der Waals surface area contributed by atoms with E-state index in [9.17, 15) is 12.8 Å². The van der Waals surface area contributed by atoms with Crippen LogP contribution in [0.1, 0.15) is 0 Å². The van der Waals surface area contributed by atoms with Crippen molar-refractivity contribution in [3.05, 3.63) is 18.3 Å². The van der Waals surface area contributed by atoms with Gasteiger partial charge in [-0.15, -0.1) is 0 Å². The summed E-state index contributed by atoms with van der Waals surface area (Å²) in [6.45, 7) is 0. The summed E-state index contributed by atoms with van der Waals surface area (Å²) in [5, 5.41) is -0.846. The Morgan fingerprint density at radius 3 is 2.27 bits per heavy atom. The standard InChI is InChI=1S/C4H2ClFN2O2S/c5-11(9,10)4-3(6)7-1-2-8-4/h1-2H. The Kier molecular flexibility index (Phi) is 2.05. The molecule has 1 aromatic heterocycles. The van der Waals surface area contributed by atoms with Crippen molar-refractivity contribution in [1.29, 1.82) is 0 Å². The van der Waals surface area contributed by atoms with Crippen LogP contribution in [0.2, 0.25) is 0 Å². The van der Waals surface area contributed by atoms with Crippen molar-refractivity contribution in [3.8, 4) is 0 Å². The summed E-state index contributed by atoms with van der Waals surface area (Å²) in [4.78, 5) is 6.24. The molecule has 1 rings (SSSR count). The first kappa shape index (κ1) is 8.35. The zero-order chi connectivity index (χ0) is 8.48. The van der Waals surface area contributed by atoms with Crippen molar-refractivity contribution in [1.82, 2.24) is 9.97 Å². The van der Waals surface area contributed by atoms with Gasteiger partial charge in [0.25, 0.3) is 15.0 Å². The van der Waals surface area contributed by atoms with E-state index in [-0.39, 0.29) is 0 Å². The number of rotatable bonds is 1. The van der Waals surface area contributed by atoms with Crippen molar-refractivity contribution in [2.24, 2.45) is 0 Å². The second kappa shape index (κ2) is 2.71. The molecule has 0 aliphatic rings. The highest BCUT2D eigenvalue weighted by atomic mass is 35.7. The molecule has 0 aromatic carbocycles. The van der Waals surface area contributed by atoms with Gasteiger partial charge in [-0.3, -0.25) is 0 Å². The molecule has 0 bridgehead atoms. The van der Waals surface area contributed by atoms with Gasteiger partial charge in [0, 0.05) is 23.1 Å². The highest BCUT2D eigenvalue weighted by Gasteiger charge is 2.17. The average molecular weight is 197 g/mol. The van der Waals surface area contributed by atoms with Gasteiger partial charge in [-0.05, 0) is 0 Å². The fraction of sp³-hybridized carbons (Fsp3) is 0. The molecule has 0 saturated carbocycles. The summed E-state index contributed by atoms with van der Waals surface area (Å²) in [6, 6.07) is 0. The fourth-order valence-corrected chi connectivity index (χ4v) is 1.22. The number of aromatic nitrogens is 2. The fourth-order valence-electron chi connectivity index (χ4n) is 0.472. The monoisotopic (exact) mass is 196 g/mol. The third kappa shape index (κ3) is 1.84. The predicted octanol–water partition coefficient (Wildman–Crippen LogP) is 0.543. The van der Waals surface area contributed by atoms with Gasteiger partial charge in [-0.1, -0.05) is 0 Å². The Bertz CT molecular complexity index is 366. The second-order valence-corrected chi connectivity index (χ2v) is 4.07. The summed E-state index contributed by atoms with van der Waals surface area (Å²) < 4.78 is 33.4. The lowest BCUT2D eigenvalue weighted by Crippen LogP contribution is -2.00. The predicted molar refractivity (Wildman–Crippen MR) is 35.0 cm³/mol. The van der Waals surface area contributed by atoms with E-state index in [2.05, 4.69) is 9.97 Å². The third-order valence-corrected chi connectivity index (χ3v) is 2.03. The summed E-state index contributed by atoms with van der Waals surface area (Å²) in [5.41, 5.74) is 0. The molecule has 60 valence electrons. The first-order valence-corrected chi connectivity index (χ1v) is 4.74. The molecule has 0 aliphatic heterocycles. The van der Waals surface area contributed by atoms with E-state index in [1.54, 1.807) is 0 Å². The highest BCUT2D eigenvalue weighted by molar-refractivity contribution is 8.13. The topological polar surface area (TPSA) is 59.9 Å². The lowest BCUT2D eigenvalue weighted by Gasteiger charge is -1.92. The molecule has 11 heavy (non-hydrogen) atoms. The van der Waals surface area contributed by atoms with Gasteiger partial charge < -0.3 is 0 Å². The van der Waals surface area contributed by atoms with Crippen LogP contribution in [0.5, 0.6) is 0 Å². The van der Waals surface area contributed by atoms with E-state index in [0.29, 0.717) is 0 Å². The minimum atomic E-state index is -4.11. The van der Waals surface area contributed by atoms with E-state index in [4.69, 9.17) is 10.7 Å².